The average Bonchev–Trinajstić information content (AvgIpc) is 0. The van der Waals surface area contributed by atoms with E-state index >= 15 is 0 Å². The van der Waals surface area contributed by atoms with Gasteiger partial charge in [-0.05, 0) is 0 Å². The molecule has 0 N–H and O–H groups in total. The van der Waals surface area contributed by atoms with Crippen LogP contribution in [0.4, 0.5) is 0 Å². The molecule has 0 fully saturated rings. The normalized spacial score (nSPS) is 0. The molecule has 0 spiro atoms. The molecular formula is H8AlAuCaSb. The van der Waals surface area contributed by atoms with Crippen LogP contribution in [0.15, 0.2) is 0 Å². The Labute approximate surface area is 99.6 Å². The topological polar surface area (TPSA) is 0 Å². The Morgan fingerprint density at radius 3 is 1.00 bits per heavy atom. The van der Waals surface area contributed by atoms with E-state index in [0.29, 0.717) is 0 Å². The van der Waals surface area contributed by atoms with Gasteiger partial charge in [0.2, 0.25) is 0 Å². The molecule has 0 heterocycles. The molecule has 0 aromatic heterocycles. The maximum absolute atomic E-state index is 0. The van der Waals surface area contributed by atoms with Crippen LogP contribution in [0.2, 0.25) is 0 Å². The third kappa shape index (κ3) is 9.02. The van der Waals surface area contributed by atoms with Crippen LogP contribution in [0.1, 0.15) is 0 Å². The summed E-state index contributed by atoms with van der Waals surface area (Å²) in [5.74, 6) is 0. The minimum absolute atomic E-state index is 0. The predicted octanol–water partition coefficient (Wildman–Crippen LogP) is -3.29. The summed E-state index contributed by atoms with van der Waals surface area (Å²) in [6, 6.07) is 0. The monoisotopic (exact) mass is 393 g/mol. The van der Waals surface area contributed by atoms with E-state index in [1.807, 2.05) is 0 Å². The summed E-state index contributed by atoms with van der Waals surface area (Å²) in [5.41, 5.74) is 0. The molecule has 4 heavy (non-hydrogen) atoms. The minimum atomic E-state index is 0. The predicted molar refractivity (Wildman–Crippen MR) is 28.4 cm³/mol. The molecule has 29 valence electrons. The van der Waals surface area contributed by atoms with Gasteiger partial charge >= 0.3 is 62.2 Å². The van der Waals surface area contributed by atoms with Crippen molar-refractivity contribution < 1.29 is 22.4 Å². The number of hydrogen-bond donors (Lipinski definition) is 0. The molecular weight excluding hydrogens is 386 g/mol. The van der Waals surface area contributed by atoms with Crippen LogP contribution < -0.4 is 0 Å². The second-order valence-electron chi connectivity index (χ2n) is 0. The van der Waals surface area contributed by atoms with Gasteiger partial charge in [0.1, 0.15) is 0 Å². The van der Waals surface area contributed by atoms with Crippen LogP contribution in [0, 0.1) is 0 Å². The Morgan fingerprint density at radius 2 is 1.00 bits per heavy atom. The van der Waals surface area contributed by atoms with Crippen molar-refractivity contribution in [2.75, 3.05) is 0 Å². The van der Waals surface area contributed by atoms with Gasteiger partial charge in [-0.1, -0.05) is 0 Å². The van der Waals surface area contributed by atoms with E-state index in [4.69, 9.17) is 0 Å². The van der Waals surface area contributed by atoms with Crippen molar-refractivity contribution in [3.63, 3.8) is 0 Å². The summed E-state index contributed by atoms with van der Waals surface area (Å²) in [7, 11) is 0. The molecule has 0 aromatic carbocycles. The van der Waals surface area contributed by atoms with Gasteiger partial charge in [-0.25, -0.2) is 0 Å². The zero-order valence-corrected chi connectivity index (χ0v) is 7.21. The summed E-state index contributed by atoms with van der Waals surface area (Å²) in [6.45, 7) is 0. The van der Waals surface area contributed by atoms with E-state index in [1.165, 1.54) is 0 Å². The van der Waals surface area contributed by atoms with Crippen LogP contribution in [0.5, 0.6) is 0 Å². The van der Waals surface area contributed by atoms with E-state index in [9.17, 15) is 0 Å². The molecule has 1 radical (unpaired) electrons. The fourth-order valence-electron chi connectivity index (χ4n) is 0. The second-order valence-corrected chi connectivity index (χ2v) is 0. The van der Waals surface area contributed by atoms with Crippen LogP contribution in [0.3, 0.4) is 0 Å². The summed E-state index contributed by atoms with van der Waals surface area (Å²) in [6.07, 6.45) is 0. The van der Waals surface area contributed by atoms with E-state index < -0.39 is 0 Å². The van der Waals surface area contributed by atoms with Gasteiger partial charge in [0.05, 0.1) is 0 Å². The fraction of sp³-hybridized carbons (Fsp3) is 0. The first-order chi connectivity index (χ1) is 0. The molecule has 0 aromatic rings. The fourth-order valence-corrected chi connectivity index (χ4v) is 0. The zero-order chi connectivity index (χ0) is 0. The summed E-state index contributed by atoms with van der Waals surface area (Å²) >= 11 is 0. The summed E-state index contributed by atoms with van der Waals surface area (Å²) in [5, 5.41) is 0. The van der Waals surface area contributed by atoms with Crippen LogP contribution in [-0.4, -0.2) is 79.5 Å². The standard InChI is InChI=1S/Al.Au.Ca.Sb.8H. The molecule has 0 aliphatic rings. The SMILES string of the molecule is [AlH3].[Au].[CaH2].[SbH3]. The number of hydrogen-bond acceptors (Lipinski definition) is 0. The van der Waals surface area contributed by atoms with Crippen LogP contribution >= 0.6 is 0 Å². The molecule has 4 heteroatoms. The van der Waals surface area contributed by atoms with Gasteiger partial charge in [0.15, 0.2) is 17.4 Å². The molecule has 0 atom stereocenters. The maximum atomic E-state index is 0. The molecule has 0 aliphatic heterocycles. The Hall–Kier alpha value is 3.35. The van der Waals surface area contributed by atoms with Gasteiger partial charge in [-0.3, -0.25) is 0 Å². The van der Waals surface area contributed by atoms with Gasteiger partial charge in [0, 0.05) is 22.4 Å². The van der Waals surface area contributed by atoms with Crippen molar-refractivity contribution in [3.05, 3.63) is 0 Å². The van der Waals surface area contributed by atoms with Crippen molar-refractivity contribution in [2.24, 2.45) is 0 Å². The first kappa shape index (κ1) is 26.4. The molecule has 0 nitrogen and oxygen atoms in total. The first-order valence-electron chi connectivity index (χ1n) is 0. The van der Waals surface area contributed by atoms with Crippen molar-refractivity contribution in [2.45, 2.75) is 0 Å². The van der Waals surface area contributed by atoms with E-state index in [0.717, 1.165) is 0 Å². The van der Waals surface area contributed by atoms with Gasteiger partial charge in [-0.15, -0.1) is 0 Å². The van der Waals surface area contributed by atoms with Gasteiger partial charge in [0.25, 0.3) is 0 Å². The molecule has 0 saturated heterocycles. The third-order valence-electron chi connectivity index (χ3n) is 0. The molecule has 0 saturated carbocycles. The molecule has 0 aliphatic carbocycles. The van der Waals surface area contributed by atoms with Crippen LogP contribution in [0.25, 0.3) is 0 Å². The van der Waals surface area contributed by atoms with Crippen molar-refractivity contribution >= 4 is 79.5 Å². The van der Waals surface area contributed by atoms with E-state index in [2.05, 4.69) is 0 Å². The Kier molecular flexibility index (Phi) is 107. The number of rotatable bonds is 0. The van der Waals surface area contributed by atoms with Crippen molar-refractivity contribution in [1.29, 1.82) is 0 Å². The van der Waals surface area contributed by atoms with E-state index in [-0.39, 0.29) is 102 Å². The molecule has 0 rings (SSSR count). The Morgan fingerprint density at radius 1 is 1.00 bits per heavy atom. The first-order valence-corrected chi connectivity index (χ1v) is 0. The van der Waals surface area contributed by atoms with Crippen LogP contribution in [-0.2, 0) is 22.4 Å². The second kappa shape index (κ2) is 16.2. The molecule has 0 unspecified atom stereocenters. The van der Waals surface area contributed by atoms with Gasteiger partial charge in [-0.2, -0.15) is 0 Å². The zero-order valence-electron chi connectivity index (χ0n) is 1.01. The summed E-state index contributed by atoms with van der Waals surface area (Å²) in [4.78, 5) is 0. The third-order valence-corrected chi connectivity index (χ3v) is 0. The Bertz CT molecular complexity index is 8.00. The Balaban J connectivity index is 0. The van der Waals surface area contributed by atoms with Gasteiger partial charge < -0.3 is 0 Å². The molecule has 0 bridgehead atoms. The molecule has 0 amide bonds. The van der Waals surface area contributed by atoms with Crippen molar-refractivity contribution in [3.8, 4) is 0 Å². The quantitative estimate of drug-likeness (QED) is 0.379. The van der Waals surface area contributed by atoms with Crippen molar-refractivity contribution in [1.82, 2.24) is 0 Å². The van der Waals surface area contributed by atoms with E-state index in [1.54, 1.807) is 0 Å². The average molecular weight is 394 g/mol. The summed E-state index contributed by atoms with van der Waals surface area (Å²) < 4.78 is 0.